The van der Waals surface area contributed by atoms with Gasteiger partial charge in [-0.2, -0.15) is 0 Å². The molecule has 27 heavy (non-hydrogen) atoms. The van der Waals surface area contributed by atoms with Gasteiger partial charge in [-0.1, -0.05) is 91.0 Å². The van der Waals surface area contributed by atoms with Crippen LogP contribution in [0.3, 0.4) is 0 Å². The van der Waals surface area contributed by atoms with E-state index in [2.05, 4.69) is 72.5 Å². The van der Waals surface area contributed by atoms with E-state index in [1.807, 2.05) is 30.3 Å². The minimum Gasteiger partial charge on any atom is -0.387 e. The van der Waals surface area contributed by atoms with Crippen LogP contribution in [0.15, 0.2) is 91.0 Å². The van der Waals surface area contributed by atoms with E-state index in [1.165, 1.54) is 11.1 Å². The first-order chi connectivity index (χ1) is 13.3. The minimum atomic E-state index is -0.436. The normalized spacial score (nSPS) is 19.4. The first-order valence-electron chi connectivity index (χ1n) is 9.84. The summed E-state index contributed by atoms with van der Waals surface area (Å²) < 4.78 is 0. The molecule has 0 aromatic heterocycles. The molecule has 2 heteroatoms. The molecule has 0 spiro atoms. The summed E-state index contributed by atoms with van der Waals surface area (Å²) >= 11 is 0. The highest BCUT2D eigenvalue weighted by Crippen LogP contribution is 2.38. The second kappa shape index (κ2) is 8.08. The Bertz CT molecular complexity index is 794. The topological polar surface area (TPSA) is 23.5 Å². The fourth-order valence-corrected chi connectivity index (χ4v) is 4.41. The monoisotopic (exact) mass is 357 g/mol. The molecule has 0 amide bonds. The summed E-state index contributed by atoms with van der Waals surface area (Å²) in [5.41, 5.74) is 3.67. The van der Waals surface area contributed by atoms with Gasteiger partial charge in [0.1, 0.15) is 0 Å². The molecular formula is C25H27NO. The van der Waals surface area contributed by atoms with Crippen molar-refractivity contribution in [3.8, 4) is 0 Å². The molecule has 2 nitrogen and oxygen atoms in total. The Kier molecular flexibility index (Phi) is 5.38. The van der Waals surface area contributed by atoms with E-state index in [9.17, 15) is 5.11 Å². The van der Waals surface area contributed by atoms with Crippen LogP contribution in [0.4, 0.5) is 0 Å². The number of hydrogen-bond acceptors (Lipinski definition) is 2. The lowest BCUT2D eigenvalue weighted by Crippen LogP contribution is -2.56. The van der Waals surface area contributed by atoms with Crippen molar-refractivity contribution >= 4 is 0 Å². The maximum Gasteiger partial charge on any atom is 0.0945 e. The van der Waals surface area contributed by atoms with Crippen LogP contribution < -0.4 is 0 Å². The van der Waals surface area contributed by atoms with Crippen molar-refractivity contribution in [1.29, 1.82) is 0 Å². The van der Waals surface area contributed by atoms with E-state index in [4.69, 9.17) is 0 Å². The number of likely N-dealkylation sites (tertiary alicyclic amines) is 1. The van der Waals surface area contributed by atoms with Crippen molar-refractivity contribution in [3.63, 3.8) is 0 Å². The van der Waals surface area contributed by atoms with Crippen molar-refractivity contribution in [2.24, 2.45) is 0 Å². The Morgan fingerprint density at radius 1 is 0.741 bits per heavy atom. The summed E-state index contributed by atoms with van der Waals surface area (Å²) in [6, 6.07) is 32.0. The van der Waals surface area contributed by atoms with Gasteiger partial charge in [-0.15, -0.1) is 0 Å². The molecule has 138 valence electrons. The molecule has 0 bridgehead atoms. The second-order valence-corrected chi connectivity index (χ2v) is 7.49. The lowest BCUT2D eigenvalue weighted by molar-refractivity contribution is -0.0420. The average Bonchev–Trinajstić information content (AvgIpc) is 2.70. The third kappa shape index (κ3) is 3.69. The van der Waals surface area contributed by atoms with Crippen LogP contribution in [0.5, 0.6) is 0 Å². The van der Waals surface area contributed by atoms with E-state index >= 15 is 0 Å². The highest BCUT2D eigenvalue weighted by Gasteiger charge is 2.40. The fourth-order valence-electron chi connectivity index (χ4n) is 4.41. The molecule has 1 aliphatic rings. The maximum atomic E-state index is 10.9. The Hall–Kier alpha value is -2.42. The second-order valence-electron chi connectivity index (χ2n) is 7.49. The molecule has 0 radical (unpaired) electrons. The zero-order valence-electron chi connectivity index (χ0n) is 15.8. The number of aliphatic hydroxyl groups excluding tert-OH is 1. The molecule has 3 aromatic carbocycles. The van der Waals surface area contributed by atoms with Gasteiger partial charge in [-0.05, 0) is 30.0 Å². The molecule has 1 N–H and O–H groups in total. The van der Waals surface area contributed by atoms with Gasteiger partial charge in [0.05, 0.1) is 6.10 Å². The van der Waals surface area contributed by atoms with E-state index in [-0.39, 0.29) is 12.0 Å². The maximum absolute atomic E-state index is 10.9. The third-order valence-corrected chi connectivity index (χ3v) is 5.94. The summed E-state index contributed by atoms with van der Waals surface area (Å²) in [5.74, 6) is 0.290. The predicted octanol–water partition coefficient (Wildman–Crippen LogP) is 5.01. The van der Waals surface area contributed by atoms with Crippen LogP contribution in [0, 0.1) is 0 Å². The highest BCUT2D eigenvalue weighted by molar-refractivity contribution is 5.34. The minimum absolute atomic E-state index is 0.178. The molecule has 1 heterocycles. The molecule has 3 unspecified atom stereocenters. The molecule has 1 aliphatic heterocycles. The lowest BCUT2D eigenvalue weighted by Gasteiger charge is -2.49. The molecule has 3 aromatic rings. The van der Waals surface area contributed by atoms with Gasteiger partial charge in [-0.3, -0.25) is 4.90 Å². The SMILES string of the molecule is CC(C(c1ccccc1)c1ccccc1)N1CCC1C(O)c1ccccc1. The van der Waals surface area contributed by atoms with E-state index in [1.54, 1.807) is 0 Å². The number of aliphatic hydroxyl groups is 1. The quantitative estimate of drug-likeness (QED) is 0.670. The van der Waals surface area contributed by atoms with Crippen LogP contribution in [-0.2, 0) is 0 Å². The highest BCUT2D eigenvalue weighted by atomic mass is 16.3. The van der Waals surface area contributed by atoms with Crippen LogP contribution in [0.2, 0.25) is 0 Å². The van der Waals surface area contributed by atoms with Gasteiger partial charge in [0.15, 0.2) is 0 Å². The Morgan fingerprint density at radius 3 is 1.59 bits per heavy atom. The van der Waals surface area contributed by atoms with Gasteiger partial charge in [0.25, 0.3) is 0 Å². The standard InChI is InChI=1S/C25H27NO/c1-19(26-18-17-23(26)25(27)22-15-9-4-10-16-22)24(20-11-5-2-6-12-20)21-13-7-3-8-14-21/h2-16,19,23-25,27H,17-18H2,1H3. The van der Waals surface area contributed by atoms with E-state index < -0.39 is 6.10 Å². The number of nitrogens with zero attached hydrogens (tertiary/aromatic N) is 1. The zero-order valence-corrected chi connectivity index (χ0v) is 15.8. The molecule has 1 fully saturated rings. The van der Waals surface area contributed by atoms with Crippen molar-refractivity contribution in [2.45, 2.75) is 37.5 Å². The first-order valence-corrected chi connectivity index (χ1v) is 9.84. The fraction of sp³-hybridized carbons (Fsp3) is 0.280. The summed E-state index contributed by atoms with van der Waals surface area (Å²) in [6.45, 7) is 3.33. The van der Waals surface area contributed by atoms with Crippen LogP contribution >= 0.6 is 0 Å². The number of hydrogen-bond donors (Lipinski definition) is 1. The molecule has 3 atom stereocenters. The van der Waals surface area contributed by atoms with Gasteiger partial charge in [0, 0.05) is 24.5 Å². The Balaban J connectivity index is 1.61. The van der Waals surface area contributed by atoms with Crippen molar-refractivity contribution < 1.29 is 5.11 Å². The molecule has 0 aliphatic carbocycles. The summed E-state index contributed by atoms with van der Waals surface area (Å²) in [6.07, 6.45) is 0.603. The van der Waals surface area contributed by atoms with Crippen LogP contribution in [0.1, 0.15) is 42.1 Å². The van der Waals surface area contributed by atoms with Crippen LogP contribution in [-0.4, -0.2) is 28.6 Å². The molecular weight excluding hydrogens is 330 g/mol. The zero-order chi connectivity index (χ0) is 18.6. The smallest absolute Gasteiger partial charge is 0.0945 e. The van der Waals surface area contributed by atoms with Gasteiger partial charge >= 0.3 is 0 Å². The summed E-state index contributed by atoms with van der Waals surface area (Å²) in [5, 5.41) is 10.9. The molecule has 4 rings (SSSR count). The molecule has 1 saturated heterocycles. The number of benzene rings is 3. The average molecular weight is 357 g/mol. The molecule has 0 saturated carbocycles. The Morgan fingerprint density at radius 2 is 1.19 bits per heavy atom. The Labute approximate surface area is 162 Å². The van der Waals surface area contributed by atoms with Gasteiger partial charge < -0.3 is 5.11 Å². The predicted molar refractivity (Wildman–Crippen MR) is 111 cm³/mol. The first kappa shape index (κ1) is 18.0. The van der Waals surface area contributed by atoms with E-state index in [0.717, 1.165) is 18.5 Å². The lowest BCUT2D eigenvalue weighted by atomic mass is 9.81. The van der Waals surface area contributed by atoms with Crippen LogP contribution in [0.25, 0.3) is 0 Å². The van der Waals surface area contributed by atoms with E-state index in [0.29, 0.717) is 6.04 Å². The third-order valence-electron chi connectivity index (χ3n) is 5.94. The number of rotatable bonds is 6. The van der Waals surface area contributed by atoms with Crippen molar-refractivity contribution in [2.75, 3.05) is 6.54 Å². The van der Waals surface area contributed by atoms with Gasteiger partial charge in [-0.25, -0.2) is 0 Å². The van der Waals surface area contributed by atoms with Crippen molar-refractivity contribution in [1.82, 2.24) is 4.90 Å². The van der Waals surface area contributed by atoms with Crippen molar-refractivity contribution in [3.05, 3.63) is 108 Å². The summed E-state index contributed by atoms with van der Waals surface area (Å²) in [4.78, 5) is 2.47. The summed E-state index contributed by atoms with van der Waals surface area (Å²) in [7, 11) is 0. The largest absolute Gasteiger partial charge is 0.387 e. The van der Waals surface area contributed by atoms with Gasteiger partial charge in [0.2, 0.25) is 0 Å².